The van der Waals surface area contributed by atoms with Crippen LogP contribution in [-0.4, -0.2) is 31.5 Å². The van der Waals surface area contributed by atoms with Crippen LogP contribution in [0.1, 0.15) is 65.2 Å². The van der Waals surface area contributed by atoms with Crippen LogP contribution in [0.3, 0.4) is 0 Å². The summed E-state index contributed by atoms with van der Waals surface area (Å²) in [6.07, 6.45) is 13.1. The minimum Gasteiger partial charge on any atom is -0.390 e. The number of hydrogen-bond donors (Lipinski definition) is 1. The minimum atomic E-state index is -0.439. The highest BCUT2D eigenvalue weighted by Gasteiger charge is 2.70. The van der Waals surface area contributed by atoms with Gasteiger partial charge in [-0.3, -0.25) is 4.79 Å². The van der Waals surface area contributed by atoms with E-state index in [4.69, 9.17) is 0 Å². The first-order valence-corrected chi connectivity index (χ1v) is 12.0. The number of carbonyl (C=O) groups excluding carboxylic acids is 1. The first-order valence-electron chi connectivity index (χ1n) is 12.0. The van der Waals surface area contributed by atoms with Gasteiger partial charge in [-0.05, 0) is 105 Å². The average Bonchev–Trinajstić information content (AvgIpc) is 3.12. The molecule has 0 amide bonds. The molecule has 5 aliphatic rings. The van der Waals surface area contributed by atoms with Crippen molar-refractivity contribution in [2.24, 2.45) is 52.8 Å². The van der Waals surface area contributed by atoms with Gasteiger partial charge in [-0.2, -0.15) is 0 Å². The van der Waals surface area contributed by atoms with Gasteiger partial charge in [0.25, 0.3) is 0 Å². The zero-order chi connectivity index (χ0) is 20.0. The molecule has 0 radical (unpaired) electrons. The van der Waals surface area contributed by atoms with Crippen LogP contribution in [-0.2, 0) is 11.3 Å². The van der Waals surface area contributed by atoms with Crippen LogP contribution < -0.4 is 0 Å². The van der Waals surface area contributed by atoms with Crippen molar-refractivity contribution in [1.82, 2.24) is 15.0 Å². The predicted molar refractivity (Wildman–Crippen MR) is 109 cm³/mol. The van der Waals surface area contributed by atoms with E-state index in [1.807, 2.05) is 13.1 Å². The second-order valence-electron chi connectivity index (χ2n) is 11.7. The molecule has 0 saturated heterocycles. The van der Waals surface area contributed by atoms with Gasteiger partial charge in [-0.15, -0.1) is 5.10 Å². The molecule has 1 aromatic heterocycles. The third kappa shape index (κ3) is 2.72. The summed E-state index contributed by atoms with van der Waals surface area (Å²) in [6, 6.07) is 0. The van der Waals surface area contributed by atoms with Crippen LogP contribution in [0, 0.1) is 52.8 Å². The Labute approximate surface area is 173 Å². The highest BCUT2D eigenvalue weighted by atomic mass is 16.3. The third-order valence-corrected chi connectivity index (χ3v) is 10.2. The molecule has 0 aromatic carbocycles. The van der Waals surface area contributed by atoms with Crippen molar-refractivity contribution in [2.75, 3.05) is 0 Å². The predicted octanol–water partition coefficient (Wildman–Crippen LogP) is 3.72. The number of aliphatic hydroxyl groups is 1. The largest absolute Gasteiger partial charge is 0.390 e. The number of hydrogen-bond acceptors (Lipinski definition) is 4. The molecular formula is C24H35N3O2. The molecule has 1 aromatic rings. The fraction of sp³-hybridized carbons (Fsp3) is 0.875. The molecular weight excluding hydrogens is 362 g/mol. The summed E-state index contributed by atoms with van der Waals surface area (Å²) >= 11 is 0. The first kappa shape index (κ1) is 18.5. The average molecular weight is 398 g/mol. The van der Waals surface area contributed by atoms with Crippen molar-refractivity contribution in [3.63, 3.8) is 0 Å². The summed E-state index contributed by atoms with van der Waals surface area (Å²) in [7, 11) is 0. The van der Waals surface area contributed by atoms with Gasteiger partial charge in [-0.1, -0.05) is 12.1 Å². The molecule has 5 heteroatoms. The van der Waals surface area contributed by atoms with Crippen molar-refractivity contribution in [2.45, 2.75) is 77.4 Å². The molecule has 5 nitrogen and oxygen atoms in total. The summed E-state index contributed by atoms with van der Waals surface area (Å²) < 4.78 is 1.71. The van der Waals surface area contributed by atoms with E-state index in [-0.39, 0.29) is 11.3 Å². The maximum Gasteiger partial charge on any atom is 0.158 e. The summed E-state index contributed by atoms with van der Waals surface area (Å²) in [6.45, 7) is 4.90. The molecule has 0 unspecified atom stereocenters. The molecule has 158 valence electrons. The molecule has 0 bridgehead atoms. The van der Waals surface area contributed by atoms with E-state index < -0.39 is 5.60 Å². The standard InChI is InChI=1S/C24H35N3O2/c1-23(29)7-5-15-14(12-23)3-4-17-16(15)6-8-24(2)21(17)18-11-19(18)22(24)20(28)13-27-10-9-25-26-27/h9-10,14-19,21-22,29H,3-8,11-13H2,1-2H3/t14-,15+,16-,17-,18-,19+,21-,22-,23-,24+/m1/s1. The van der Waals surface area contributed by atoms with Gasteiger partial charge < -0.3 is 5.11 Å². The molecule has 5 saturated carbocycles. The van der Waals surface area contributed by atoms with Crippen molar-refractivity contribution in [3.8, 4) is 0 Å². The summed E-state index contributed by atoms with van der Waals surface area (Å²) in [4.78, 5) is 13.4. The third-order valence-electron chi connectivity index (χ3n) is 10.2. The van der Waals surface area contributed by atoms with E-state index in [0.29, 0.717) is 18.2 Å². The highest BCUT2D eigenvalue weighted by molar-refractivity contribution is 5.83. The van der Waals surface area contributed by atoms with Crippen LogP contribution >= 0.6 is 0 Å². The van der Waals surface area contributed by atoms with E-state index in [2.05, 4.69) is 17.2 Å². The topological polar surface area (TPSA) is 68.0 Å². The zero-order valence-corrected chi connectivity index (χ0v) is 17.8. The first-order chi connectivity index (χ1) is 13.9. The lowest BCUT2D eigenvalue weighted by Crippen LogP contribution is -2.52. The number of Topliss-reactive ketones (excluding diaryl/α,β-unsaturated/α-hetero) is 1. The van der Waals surface area contributed by atoms with Crippen molar-refractivity contribution in [3.05, 3.63) is 12.4 Å². The SMILES string of the molecule is C[C@@]1(O)CC[C@H]2[C@H](CC[C@@H]3[C@@H]2CC[C@@]2(C)[C@H]3[C@@H]3C[C@@H]3[C@@H]2C(=O)Cn2ccnn2)C1. The van der Waals surface area contributed by atoms with Crippen molar-refractivity contribution in [1.29, 1.82) is 0 Å². The van der Waals surface area contributed by atoms with E-state index in [9.17, 15) is 9.90 Å². The lowest BCUT2D eigenvalue weighted by molar-refractivity contribution is -0.136. The van der Waals surface area contributed by atoms with Crippen LogP contribution in [0.2, 0.25) is 0 Å². The zero-order valence-electron chi connectivity index (χ0n) is 17.8. The van der Waals surface area contributed by atoms with E-state index in [1.165, 1.54) is 38.5 Å². The second kappa shape index (κ2) is 6.15. The Hall–Kier alpha value is -1.23. The van der Waals surface area contributed by atoms with E-state index in [0.717, 1.165) is 48.3 Å². The quantitative estimate of drug-likeness (QED) is 0.844. The molecule has 0 spiro atoms. The Morgan fingerprint density at radius 3 is 2.69 bits per heavy atom. The minimum absolute atomic E-state index is 0.194. The van der Waals surface area contributed by atoms with Crippen LogP contribution in [0.15, 0.2) is 12.4 Å². The monoisotopic (exact) mass is 397 g/mol. The number of fused-ring (bicyclic) bond motifs is 7. The molecule has 1 N–H and O–H groups in total. The lowest BCUT2D eigenvalue weighted by Gasteiger charge is -2.57. The summed E-state index contributed by atoms with van der Waals surface area (Å²) in [5, 5.41) is 18.5. The fourth-order valence-electron chi connectivity index (χ4n) is 9.23. The molecule has 6 rings (SSSR count). The molecule has 10 atom stereocenters. The molecule has 0 aliphatic heterocycles. The molecule has 29 heavy (non-hydrogen) atoms. The number of nitrogens with zero attached hydrogens (tertiary/aromatic N) is 3. The van der Waals surface area contributed by atoms with Crippen LogP contribution in [0.25, 0.3) is 0 Å². The Morgan fingerprint density at radius 1 is 1.07 bits per heavy atom. The fourth-order valence-corrected chi connectivity index (χ4v) is 9.23. The molecule has 5 fully saturated rings. The smallest absolute Gasteiger partial charge is 0.158 e. The summed E-state index contributed by atoms with van der Waals surface area (Å²) in [5.41, 5.74) is -0.246. The normalized spacial score (nSPS) is 52.8. The number of ketones is 1. The van der Waals surface area contributed by atoms with Gasteiger partial charge in [0, 0.05) is 12.1 Å². The van der Waals surface area contributed by atoms with Crippen LogP contribution in [0.4, 0.5) is 0 Å². The number of rotatable bonds is 3. The van der Waals surface area contributed by atoms with Gasteiger partial charge in [0.2, 0.25) is 0 Å². The Balaban J connectivity index is 1.24. The van der Waals surface area contributed by atoms with Gasteiger partial charge >= 0.3 is 0 Å². The molecule has 1 heterocycles. The van der Waals surface area contributed by atoms with E-state index >= 15 is 0 Å². The lowest BCUT2D eigenvalue weighted by atomic mass is 9.48. The van der Waals surface area contributed by atoms with Gasteiger partial charge in [0.15, 0.2) is 5.78 Å². The van der Waals surface area contributed by atoms with E-state index in [1.54, 1.807) is 10.9 Å². The Kier molecular flexibility index (Phi) is 3.93. The Bertz CT molecular complexity index is 805. The number of carbonyl (C=O) groups is 1. The molecule has 5 aliphatic carbocycles. The second-order valence-corrected chi connectivity index (χ2v) is 11.7. The highest BCUT2D eigenvalue weighted by Crippen LogP contribution is 2.74. The van der Waals surface area contributed by atoms with Crippen LogP contribution in [0.5, 0.6) is 0 Å². The maximum absolute atomic E-state index is 13.4. The van der Waals surface area contributed by atoms with Gasteiger partial charge in [0.1, 0.15) is 6.54 Å². The maximum atomic E-state index is 13.4. The van der Waals surface area contributed by atoms with Crippen molar-refractivity contribution >= 4 is 5.78 Å². The van der Waals surface area contributed by atoms with Crippen molar-refractivity contribution < 1.29 is 9.90 Å². The van der Waals surface area contributed by atoms with Gasteiger partial charge in [-0.25, -0.2) is 4.68 Å². The Morgan fingerprint density at radius 2 is 1.90 bits per heavy atom. The number of aromatic nitrogens is 3. The summed E-state index contributed by atoms with van der Waals surface area (Å²) in [5.74, 6) is 6.00. The van der Waals surface area contributed by atoms with Gasteiger partial charge in [0.05, 0.1) is 11.8 Å².